The lowest BCUT2D eigenvalue weighted by atomic mass is 9.95. The highest BCUT2D eigenvalue weighted by molar-refractivity contribution is 6.30. The first kappa shape index (κ1) is 20.5. The zero-order valence-electron chi connectivity index (χ0n) is 16.5. The number of hydrogen-bond donors (Lipinski definition) is 2. The van der Waals surface area contributed by atoms with E-state index in [4.69, 9.17) is 16.3 Å². The summed E-state index contributed by atoms with van der Waals surface area (Å²) < 4.78 is 19.7. The summed E-state index contributed by atoms with van der Waals surface area (Å²) in [6.07, 6.45) is 0. The van der Waals surface area contributed by atoms with E-state index in [1.165, 1.54) is 23.9 Å². The molecule has 0 saturated carbocycles. The van der Waals surface area contributed by atoms with Crippen molar-refractivity contribution in [3.8, 4) is 0 Å². The van der Waals surface area contributed by atoms with E-state index in [0.29, 0.717) is 27.5 Å². The van der Waals surface area contributed by atoms with Crippen LogP contribution in [0.2, 0.25) is 5.02 Å². The molecule has 31 heavy (non-hydrogen) atoms. The van der Waals surface area contributed by atoms with E-state index < -0.39 is 23.7 Å². The number of ether oxygens (including phenoxy) is 1. The maximum absolute atomic E-state index is 13.5. The molecular formula is C21H17ClFN5O3. The maximum Gasteiger partial charge on any atom is 0.378 e. The molecule has 2 aromatic carbocycles. The molecule has 0 radical (unpaired) electrons. The molecule has 0 bridgehead atoms. The van der Waals surface area contributed by atoms with Gasteiger partial charge < -0.3 is 15.4 Å². The summed E-state index contributed by atoms with van der Waals surface area (Å²) in [7, 11) is 1.22. The number of nitrogens with zero attached hydrogens (tertiary/aromatic N) is 3. The van der Waals surface area contributed by atoms with Crippen molar-refractivity contribution in [3.05, 3.63) is 82.0 Å². The van der Waals surface area contributed by atoms with Crippen LogP contribution >= 0.6 is 11.6 Å². The fourth-order valence-corrected chi connectivity index (χ4v) is 3.43. The summed E-state index contributed by atoms with van der Waals surface area (Å²) in [5.74, 6) is -1.44. The van der Waals surface area contributed by atoms with Crippen LogP contribution in [-0.4, -0.2) is 33.8 Å². The molecule has 10 heteroatoms. The fourth-order valence-electron chi connectivity index (χ4n) is 3.31. The van der Waals surface area contributed by atoms with Gasteiger partial charge in [0.2, 0.25) is 5.95 Å². The Morgan fingerprint density at radius 2 is 1.84 bits per heavy atom. The molecule has 8 nitrogen and oxygen atoms in total. The zero-order chi connectivity index (χ0) is 22.1. The van der Waals surface area contributed by atoms with Gasteiger partial charge in [0, 0.05) is 16.4 Å². The van der Waals surface area contributed by atoms with Crippen LogP contribution in [0, 0.1) is 5.82 Å². The first-order chi connectivity index (χ1) is 14.9. The number of carbonyl (C=O) groups is 2. The van der Waals surface area contributed by atoms with Crippen molar-refractivity contribution in [2.24, 2.45) is 0 Å². The summed E-state index contributed by atoms with van der Waals surface area (Å²) in [6.45, 7) is 1.71. The monoisotopic (exact) mass is 441 g/mol. The lowest BCUT2D eigenvalue weighted by Crippen LogP contribution is -2.31. The Morgan fingerprint density at radius 3 is 2.48 bits per heavy atom. The smallest absolute Gasteiger partial charge is 0.378 e. The van der Waals surface area contributed by atoms with Gasteiger partial charge >= 0.3 is 5.97 Å². The van der Waals surface area contributed by atoms with Gasteiger partial charge in [0.15, 0.2) is 0 Å². The van der Waals surface area contributed by atoms with Gasteiger partial charge in [-0.1, -0.05) is 23.7 Å². The van der Waals surface area contributed by atoms with Gasteiger partial charge in [-0.05, 0) is 48.9 Å². The second-order valence-electron chi connectivity index (χ2n) is 6.77. The number of methoxy groups -OCH3 is 1. The number of hydrogen-bond acceptors (Lipinski definition) is 6. The van der Waals surface area contributed by atoms with Crippen LogP contribution in [0.4, 0.5) is 16.0 Å². The minimum Gasteiger partial charge on any atom is -0.463 e. The number of amides is 1. The van der Waals surface area contributed by atoms with Gasteiger partial charge in [-0.3, -0.25) is 4.79 Å². The molecule has 0 spiro atoms. The molecule has 158 valence electrons. The van der Waals surface area contributed by atoms with Crippen molar-refractivity contribution in [3.63, 3.8) is 0 Å². The van der Waals surface area contributed by atoms with Crippen molar-refractivity contribution in [1.29, 1.82) is 0 Å². The van der Waals surface area contributed by atoms with Crippen LogP contribution in [0.5, 0.6) is 0 Å². The molecule has 1 aliphatic heterocycles. The normalized spacial score (nSPS) is 15.2. The van der Waals surface area contributed by atoms with Crippen LogP contribution in [0.15, 0.2) is 59.8 Å². The van der Waals surface area contributed by atoms with Crippen LogP contribution in [0.25, 0.3) is 0 Å². The molecule has 0 saturated heterocycles. The minimum atomic E-state index is -0.755. The van der Waals surface area contributed by atoms with Crippen molar-refractivity contribution in [2.45, 2.75) is 13.0 Å². The molecule has 1 amide bonds. The Balaban J connectivity index is 1.78. The SMILES string of the molecule is COC(=O)c1nc2n(n1)C(c1ccc(F)cc1)C(C(=O)Nc1ccc(Cl)cc1)=C(C)N2. The molecule has 1 aromatic heterocycles. The number of nitrogens with one attached hydrogen (secondary N) is 2. The van der Waals surface area contributed by atoms with E-state index >= 15 is 0 Å². The molecule has 4 rings (SSSR count). The Labute approximate surface area is 181 Å². The number of anilines is 2. The summed E-state index contributed by atoms with van der Waals surface area (Å²) in [5.41, 5.74) is 1.98. The molecule has 1 aliphatic rings. The van der Waals surface area contributed by atoms with Crippen molar-refractivity contribution < 1.29 is 18.7 Å². The number of aromatic nitrogens is 3. The zero-order valence-corrected chi connectivity index (χ0v) is 17.3. The van der Waals surface area contributed by atoms with E-state index in [1.54, 1.807) is 43.3 Å². The third kappa shape index (κ3) is 3.99. The average Bonchev–Trinajstić information content (AvgIpc) is 3.18. The summed E-state index contributed by atoms with van der Waals surface area (Å²) >= 11 is 5.91. The Hall–Kier alpha value is -3.72. The van der Waals surface area contributed by atoms with Crippen LogP contribution in [-0.2, 0) is 9.53 Å². The number of allylic oxidation sites excluding steroid dienone is 1. The van der Waals surface area contributed by atoms with E-state index in [1.807, 2.05) is 0 Å². The highest BCUT2D eigenvalue weighted by Crippen LogP contribution is 2.35. The third-order valence-corrected chi connectivity index (χ3v) is 5.00. The number of halogens is 2. The molecular weight excluding hydrogens is 425 g/mol. The number of esters is 1. The Morgan fingerprint density at radius 1 is 1.16 bits per heavy atom. The van der Waals surface area contributed by atoms with Crippen LogP contribution in [0.3, 0.4) is 0 Å². The second-order valence-corrected chi connectivity index (χ2v) is 7.21. The van der Waals surface area contributed by atoms with Crippen LogP contribution < -0.4 is 10.6 Å². The lowest BCUT2D eigenvalue weighted by molar-refractivity contribution is -0.113. The summed E-state index contributed by atoms with van der Waals surface area (Å²) in [5, 5.41) is 10.6. The molecule has 0 aliphatic carbocycles. The number of fused-ring (bicyclic) bond motifs is 1. The standard InChI is InChI=1S/C21H17ClFN5O3/c1-11-16(19(29)25-15-9-5-13(22)6-10-15)17(12-3-7-14(23)8-4-12)28-21(24-11)26-18(27-28)20(30)31-2/h3-10,17H,1-2H3,(H,25,29)(H,24,26,27). The molecule has 3 aromatic rings. The van der Waals surface area contributed by atoms with E-state index in [-0.39, 0.29) is 11.8 Å². The number of carbonyl (C=O) groups excluding carboxylic acids is 2. The Kier molecular flexibility index (Phi) is 5.43. The number of benzene rings is 2. The van der Waals surface area contributed by atoms with Crippen molar-refractivity contribution >= 4 is 35.1 Å². The first-order valence-corrected chi connectivity index (χ1v) is 9.60. The largest absolute Gasteiger partial charge is 0.463 e. The third-order valence-electron chi connectivity index (χ3n) is 4.75. The molecule has 2 heterocycles. The summed E-state index contributed by atoms with van der Waals surface area (Å²) in [6, 6.07) is 11.6. The number of rotatable bonds is 4. The van der Waals surface area contributed by atoms with Crippen molar-refractivity contribution in [2.75, 3.05) is 17.7 Å². The predicted molar refractivity (Wildman–Crippen MR) is 112 cm³/mol. The Bertz CT molecular complexity index is 1190. The summed E-state index contributed by atoms with van der Waals surface area (Å²) in [4.78, 5) is 29.4. The molecule has 2 N–H and O–H groups in total. The van der Waals surface area contributed by atoms with Crippen molar-refractivity contribution in [1.82, 2.24) is 14.8 Å². The van der Waals surface area contributed by atoms with Gasteiger partial charge in [-0.15, -0.1) is 5.10 Å². The minimum absolute atomic E-state index is 0.163. The highest BCUT2D eigenvalue weighted by atomic mass is 35.5. The first-order valence-electron chi connectivity index (χ1n) is 9.22. The molecule has 0 fully saturated rings. The van der Waals surface area contributed by atoms with Crippen LogP contribution in [0.1, 0.15) is 29.1 Å². The van der Waals surface area contributed by atoms with Gasteiger partial charge in [0.05, 0.1) is 12.7 Å². The lowest BCUT2D eigenvalue weighted by Gasteiger charge is -2.28. The van der Waals surface area contributed by atoms with E-state index in [2.05, 4.69) is 20.7 Å². The van der Waals surface area contributed by atoms with E-state index in [9.17, 15) is 14.0 Å². The van der Waals surface area contributed by atoms with Gasteiger partial charge in [0.25, 0.3) is 11.7 Å². The topological polar surface area (TPSA) is 98.1 Å². The van der Waals surface area contributed by atoms with Gasteiger partial charge in [-0.2, -0.15) is 4.98 Å². The predicted octanol–water partition coefficient (Wildman–Crippen LogP) is 3.78. The quantitative estimate of drug-likeness (QED) is 0.598. The van der Waals surface area contributed by atoms with E-state index in [0.717, 1.165) is 0 Å². The van der Waals surface area contributed by atoms with Gasteiger partial charge in [0.1, 0.15) is 11.9 Å². The molecule has 1 atom stereocenters. The fraction of sp³-hybridized carbons (Fsp3) is 0.143. The second kappa shape index (κ2) is 8.19. The average molecular weight is 442 g/mol. The van der Waals surface area contributed by atoms with Gasteiger partial charge in [-0.25, -0.2) is 13.9 Å². The molecule has 1 unspecified atom stereocenters. The maximum atomic E-state index is 13.5. The highest BCUT2D eigenvalue weighted by Gasteiger charge is 2.35.